The van der Waals surface area contributed by atoms with Crippen LogP contribution in [0.15, 0.2) is 24.3 Å². The lowest BCUT2D eigenvalue weighted by atomic mass is 9.68. The zero-order chi connectivity index (χ0) is 20.6. The molecule has 0 aromatic heterocycles. The molecule has 0 saturated heterocycles. The molecule has 0 amide bonds. The van der Waals surface area contributed by atoms with Crippen molar-refractivity contribution in [3.05, 3.63) is 47.3 Å². The van der Waals surface area contributed by atoms with Crippen molar-refractivity contribution in [1.82, 2.24) is 0 Å². The molecule has 2 saturated carbocycles. The summed E-state index contributed by atoms with van der Waals surface area (Å²) in [5, 5.41) is 0. The Kier molecular flexibility index (Phi) is 8.68. The Bertz CT molecular complexity index is 627. The van der Waals surface area contributed by atoms with E-state index in [9.17, 15) is 13.2 Å². The van der Waals surface area contributed by atoms with Gasteiger partial charge in [-0.1, -0.05) is 44.8 Å². The molecule has 1 aromatic rings. The molecule has 0 spiro atoms. The maximum Gasteiger partial charge on any atom is 0.194 e. The van der Waals surface area contributed by atoms with Crippen molar-refractivity contribution in [2.75, 3.05) is 0 Å². The van der Waals surface area contributed by atoms with Gasteiger partial charge in [0.2, 0.25) is 0 Å². The second-order valence-electron chi connectivity index (χ2n) is 9.38. The maximum absolute atomic E-state index is 13.5. The lowest BCUT2D eigenvalue weighted by Gasteiger charge is -2.38. The normalized spacial score (nSPS) is 28.1. The number of unbranched alkanes of at least 4 members (excludes halogenated alkanes) is 2. The molecule has 3 heteroatoms. The van der Waals surface area contributed by atoms with Crippen LogP contribution in [0, 0.1) is 35.2 Å². The van der Waals surface area contributed by atoms with Gasteiger partial charge >= 0.3 is 0 Å². The molecule has 29 heavy (non-hydrogen) atoms. The lowest BCUT2D eigenvalue weighted by Crippen LogP contribution is -2.25. The minimum atomic E-state index is -1.35. The van der Waals surface area contributed by atoms with Crippen molar-refractivity contribution in [2.45, 2.75) is 96.3 Å². The van der Waals surface area contributed by atoms with Crippen LogP contribution in [-0.2, 0) is 0 Å². The second kappa shape index (κ2) is 11.2. The van der Waals surface area contributed by atoms with Gasteiger partial charge in [-0.05, 0) is 99.2 Å². The first-order valence-corrected chi connectivity index (χ1v) is 11.9. The Balaban J connectivity index is 1.38. The molecule has 3 rings (SSSR count). The summed E-state index contributed by atoms with van der Waals surface area (Å²) in [6, 6.07) is 2.40. The van der Waals surface area contributed by atoms with Gasteiger partial charge < -0.3 is 0 Å². The standard InChI is InChI=1S/C26H37F3/c1-2-3-4-5-6-7-8-19-9-11-20(12-10-19)21-13-15-22(16-14-21)23-17-24(27)26(29)25(28)18-23/h4-5,17-22H,2-3,6-16H2,1H3/b5-4+/t19-,20-,21-,22-. The average molecular weight is 407 g/mol. The Labute approximate surface area is 175 Å². The van der Waals surface area contributed by atoms with E-state index in [0.29, 0.717) is 5.56 Å². The van der Waals surface area contributed by atoms with Crippen LogP contribution >= 0.6 is 0 Å². The van der Waals surface area contributed by atoms with Crippen LogP contribution in [-0.4, -0.2) is 0 Å². The van der Waals surface area contributed by atoms with E-state index < -0.39 is 17.5 Å². The molecular formula is C26H37F3. The topological polar surface area (TPSA) is 0 Å². The van der Waals surface area contributed by atoms with E-state index in [0.717, 1.165) is 43.4 Å². The third-order valence-electron chi connectivity index (χ3n) is 7.41. The number of halogens is 3. The summed E-state index contributed by atoms with van der Waals surface area (Å²) in [7, 11) is 0. The third kappa shape index (κ3) is 6.36. The van der Waals surface area contributed by atoms with E-state index >= 15 is 0 Å². The highest BCUT2D eigenvalue weighted by Gasteiger charge is 2.31. The molecule has 0 heterocycles. The molecule has 0 N–H and O–H groups in total. The summed E-state index contributed by atoms with van der Waals surface area (Å²) >= 11 is 0. The molecule has 162 valence electrons. The van der Waals surface area contributed by atoms with Crippen LogP contribution in [0.25, 0.3) is 0 Å². The molecule has 2 aliphatic rings. The van der Waals surface area contributed by atoms with Crippen molar-refractivity contribution in [3.8, 4) is 0 Å². The molecule has 0 aliphatic heterocycles. The highest BCUT2D eigenvalue weighted by molar-refractivity contribution is 5.23. The highest BCUT2D eigenvalue weighted by Crippen LogP contribution is 2.44. The summed E-state index contributed by atoms with van der Waals surface area (Å²) in [4.78, 5) is 0. The molecule has 0 nitrogen and oxygen atoms in total. The SMILES string of the molecule is CCC/C=C/CCC[C@H]1CC[C@H]([C@H]2CC[C@H](c3cc(F)c(F)c(F)c3)CC2)CC1. The summed E-state index contributed by atoms with van der Waals surface area (Å²) in [6.07, 6.45) is 20.7. The van der Waals surface area contributed by atoms with E-state index in [2.05, 4.69) is 19.1 Å². The van der Waals surface area contributed by atoms with Crippen molar-refractivity contribution in [3.63, 3.8) is 0 Å². The van der Waals surface area contributed by atoms with Gasteiger partial charge in [-0.15, -0.1) is 0 Å². The van der Waals surface area contributed by atoms with Crippen LogP contribution in [0.2, 0.25) is 0 Å². The predicted molar refractivity (Wildman–Crippen MR) is 114 cm³/mol. The largest absolute Gasteiger partial charge is 0.204 e. The van der Waals surface area contributed by atoms with Crippen LogP contribution in [0.4, 0.5) is 13.2 Å². The fraction of sp³-hybridized carbons (Fsp3) is 0.692. The minimum absolute atomic E-state index is 0.174. The molecule has 0 bridgehead atoms. The summed E-state index contributed by atoms with van der Waals surface area (Å²) in [5.74, 6) is -0.781. The quantitative estimate of drug-likeness (QED) is 0.230. The Morgan fingerprint density at radius 1 is 0.793 bits per heavy atom. The van der Waals surface area contributed by atoms with Gasteiger partial charge in [-0.25, -0.2) is 13.2 Å². The Morgan fingerprint density at radius 2 is 1.34 bits per heavy atom. The monoisotopic (exact) mass is 406 g/mol. The highest BCUT2D eigenvalue weighted by atomic mass is 19.2. The van der Waals surface area contributed by atoms with E-state index in [-0.39, 0.29) is 5.92 Å². The van der Waals surface area contributed by atoms with Crippen molar-refractivity contribution >= 4 is 0 Å². The van der Waals surface area contributed by atoms with Gasteiger partial charge in [0.15, 0.2) is 17.5 Å². The zero-order valence-corrected chi connectivity index (χ0v) is 17.9. The maximum atomic E-state index is 13.5. The van der Waals surface area contributed by atoms with E-state index in [4.69, 9.17) is 0 Å². The van der Waals surface area contributed by atoms with Crippen LogP contribution in [0.1, 0.15) is 102 Å². The number of rotatable bonds is 8. The third-order valence-corrected chi connectivity index (χ3v) is 7.41. The molecule has 0 unspecified atom stereocenters. The van der Waals surface area contributed by atoms with E-state index in [1.807, 2.05) is 0 Å². The first-order chi connectivity index (χ1) is 14.1. The Hall–Kier alpha value is -1.25. The lowest BCUT2D eigenvalue weighted by molar-refractivity contribution is 0.156. The molecule has 1 aromatic carbocycles. The van der Waals surface area contributed by atoms with Gasteiger partial charge in [-0.2, -0.15) is 0 Å². The minimum Gasteiger partial charge on any atom is -0.204 e. The number of allylic oxidation sites excluding steroid dienone is 2. The zero-order valence-electron chi connectivity index (χ0n) is 17.9. The van der Waals surface area contributed by atoms with Crippen LogP contribution < -0.4 is 0 Å². The first-order valence-electron chi connectivity index (χ1n) is 11.9. The van der Waals surface area contributed by atoms with Crippen molar-refractivity contribution < 1.29 is 13.2 Å². The first kappa shape index (κ1) is 22.4. The smallest absolute Gasteiger partial charge is 0.194 e. The molecular weight excluding hydrogens is 369 g/mol. The van der Waals surface area contributed by atoms with Gasteiger partial charge in [0.1, 0.15) is 0 Å². The van der Waals surface area contributed by atoms with E-state index in [1.165, 1.54) is 69.9 Å². The van der Waals surface area contributed by atoms with Crippen LogP contribution in [0.3, 0.4) is 0 Å². The fourth-order valence-corrected chi connectivity index (χ4v) is 5.61. The number of hydrogen-bond donors (Lipinski definition) is 0. The molecule has 0 atom stereocenters. The molecule has 0 radical (unpaired) electrons. The summed E-state index contributed by atoms with van der Waals surface area (Å²) in [6.45, 7) is 2.22. The van der Waals surface area contributed by atoms with Crippen LogP contribution in [0.5, 0.6) is 0 Å². The predicted octanol–water partition coefficient (Wildman–Crippen LogP) is 8.71. The van der Waals surface area contributed by atoms with Gasteiger partial charge in [0, 0.05) is 0 Å². The fourth-order valence-electron chi connectivity index (χ4n) is 5.61. The second-order valence-corrected chi connectivity index (χ2v) is 9.38. The van der Waals surface area contributed by atoms with Crippen molar-refractivity contribution in [2.24, 2.45) is 17.8 Å². The van der Waals surface area contributed by atoms with Gasteiger partial charge in [0.05, 0.1) is 0 Å². The number of hydrogen-bond acceptors (Lipinski definition) is 0. The summed E-state index contributed by atoms with van der Waals surface area (Å²) in [5.41, 5.74) is 0.636. The van der Waals surface area contributed by atoms with Gasteiger partial charge in [0.25, 0.3) is 0 Å². The average Bonchev–Trinajstić information content (AvgIpc) is 2.75. The Morgan fingerprint density at radius 3 is 1.93 bits per heavy atom. The number of benzene rings is 1. The van der Waals surface area contributed by atoms with Gasteiger partial charge in [-0.3, -0.25) is 0 Å². The molecule has 2 fully saturated rings. The van der Waals surface area contributed by atoms with E-state index in [1.54, 1.807) is 0 Å². The summed E-state index contributed by atoms with van der Waals surface area (Å²) < 4.78 is 40.3. The molecule has 2 aliphatic carbocycles. The van der Waals surface area contributed by atoms with Crippen molar-refractivity contribution in [1.29, 1.82) is 0 Å².